The Morgan fingerprint density at radius 3 is 2.73 bits per heavy atom. The Hall–Kier alpha value is -2.98. The summed E-state index contributed by atoms with van der Waals surface area (Å²) in [5.74, 6) is 0.0948. The second-order valence-electron chi connectivity index (χ2n) is 6.31. The first-order chi connectivity index (χ1) is 12.5. The maximum Gasteiger partial charge on any atom is 0.179 e. The van der Waals surface area contributed by atoms with Gasteiger partial charge in [-0.25, -0.2) is 8.42 Å². The second-order valence-corrected chi connectivity index (χ2v) is 8.39. The Morgan fingerprint density at radius 1 is 1.23 bits per heavy atom. The predicted molar refractivity (Wildman–Crippen MR) is 98.5 cm³/mol. The van der Waals surface area contributed by atoms with Crippen LogP contribution in [0.15, 0.2) is 47.8 Å². The number of hydrogen-bond acceptors (Lipinski definition) is 6. The fourth-order valence-electron chi connectivity index (χ4n) is 3.41. The van der Waals surface area contributed by atoms with Gasteiger partial charge in [0.15, 0.2) is 9.84 Å². The minimum absolute atomic E-state index is 0.0791. The van der Waals surface area contributed by atoms with Gasteiger partial charge in [-0.1, -0.05) is 0 Å². The van der Waals surface area contributed by atoms with Crippen LogP contribution in [0.4, 0.5) is 5.69 Å². The minimum Gasteiger partial charge on any atom is -0.377 e. The zero-order valence-electron chi connectivity index (χ0n) is 14.1. The fraction of sp³-hybridized carbons (Fsp3) is 0.211. The lowest BCUT2D eigenvalue weighted by atomic mass is 10.0. The largest absolute Gasteiger partial charge is 0.377 e. The second kappa shape index (κ2) is 6.07. The number of nitrogens with one attached hydrogen (secondary N) is 1. The number of aryl methyl sites for hydroxylation is 1. The van der Waals surface area contributed by atoms with Crippen molar-refractivity contribution in [2.45, 2.75) is 24.3 Å². The van der Waals surface area contributed by atoms with Crippen LogP contribution in [0.3, 0.4) is 0 Å². The summed E-state index contributed by atoms with van der Waals surface area (Å²) in [6, 6.07) is 9.23. The van der Waals surface area contributed by atoms with E-state index in [4.69, 9.17) is 0 Å². The van der Waals surface area contributed by atoms with E-state index in [0.29, 0.717) is 28.1 Å². The van der Waals surface area contributed by atoms with Crippen molar-refractivity contribution < 1.29 is 8.42 Å². The Labute approximate surface area is 151 Å². The molecular formula is C19H16N4O2S. The van der Waals surface area contributed by atoms with Crippen molar-refractivity contribution >= 4 is 26.4 Å². The SMILES string of the molecule is CC(Nc1c(C#N)cnc2ccc3c(c12)CCS3(=O)=O)c1ccncc1. The van der Waals surface area contributed by atoms with E-state index in [1.807, 2.05) is 19.1 Å². The number of nitrogens with zero attached hydrogens (tertiary/aromatic N) is 3. The highest BCUT2D eigenvalue weighted by molar-refractivity contribution is 7.91. The molecule has 6 nitrogen and oxygen atoms in total. The lowest BCUT2D eigenvalue weighted by Crippen LogP contribution is -2.09. The van der Waals surface area contributed by atoms with Crippen LogP contribution in [0.5, 0.6) is 0 Å². The molecule has 2 aromatic heterocycles. The highest BCUT2D eigenvalue weighted by Crippen LogP contribution is 2.38. The van der Waals surface area contributed by atoms with Gasteiger partial charge in [-0.05, 0) is 48.7 Å². The van der Waals surface area contributed by atoms with Gasteiger partial charge in [-0.3, -0.25) is 9.97 Å². The third kappa shape index (κ3) is 2.59. The lowest BCUT2D eigenvalue weighted by molar-refractivity contribution is 0.600. The summed E-state index contributed by atoms with van der Waals surface area (Å²) in [6.07, 6.45) is 5.39. The van der Waals surface area contributed by atoms with E-state index in [1.54, 1.807) is 24.5 Å². The zero-order chi connectivity index (χ0) is 18.3. The molecule has 0 bridgehead atoms. The fourth-order valence-corrected chi connectivity index (χ4v) is 4.96. The third-order valence-corrected chi connectivity index (χ3v) is 6.54. The number of hydrogen-bond donors (Lipinski definition) is 1. The summed E-state index contributed by atoms with van der Waals surface area (Å²) in [5, 5.41) is 13.7. The molecule has 1 unspecified atom stereocenters. The summed E-state index contributed by atoms with van der Waals surface area (Å²) in [5.41, 5.74) is 3.49. The molecule has 1 N–H and O–H groups in total. The standard InChI is InChI=1S/C19H16N4O2S/c1-12(13-4-7-21-8-5-13)23-19-14(10-20)11-22-16-2-3-17-15(18(16)19)6-9-26(17,24)25/h2-5,7-8,11-12H,6,9H2,1H3,(H,22,23). The van der Waals surface area contributed by atoms with E-state index in [0.717, 1.165) is 16.5 Å². The maximum atomic E-state index is 12.3. The average Bonchev–Trinajstić information content (AvgIpc) is 2.97. The molecule has 0 aliphatic carbocycles. The number of pyridine rings is 2. The Balaban J connectivity index is 1.93. The molecule has 0 radical (unpaired) electrons. The predicted octanol–water partition coefficient (Wildman–Crippen LogP) is 3.00. The van der Waals surface area contributed by atoms with Crippen molar-refractivity contribution in [2.24, 2.45) is 0 Å². The van der Waals surface area contributed by atoms with Gasteiger partial charge < -0.3 is 5.32 Å². The molecule has 0 spiro atoms. The first kappa shape index (κ1) is 16.5. The number of benzene rings is 1. The van der Waals surface area contributed by atoms with Gasteiger partial charge in [0.25, 0.3) is 0 Å². The van der Waals surface area contributed by atoms with E-state index in [-0.39, 0.29) is 11.8 Å². The molecule has 3 heterocycles. The van der Waals surface area contributed by atoms with Gasteiger partial charge in [0.2, 0.25) is 0 Å². The van der Waals surface area contributed by atoms with Gasteiger partial charge in [-0.2, -0.15) is 5.26 Å². The lowest BCUT2D eigenvalue weighted by Gasteiger charge is -2.19. The van der Waals surface area contributed by atoms with Crippen molar-refractivity contribution in [1.29, 1.82) is 5.26 Å². The van der Waals surface area contributed by atoms with E-state index in [2.05, 4.69) is 21.4 Å². The van der Waals surface area contributed by atoms with Crippen LogP contribution in [0.2, 0.25) is 0 Å². The van der Waals surface area contributed by atoms with Crippen LogP contribution < -0.4 is 5.32 Å². The molecule has 26 heavy (non-hydrogen) atoms. The van der Waals surface area contributed by atoms with E-state index >= 15 is 0 Å². The molecule has 0 saturated heterocycles. The number of rotatable bonds is 3. The van der Waals surface area contributed by atoms with Crippen molar-refractivity contribution in [1.82, 2.24) is 9.97 Å². The first-order valence-corrected chi connectivity index (χ1v) is 9.90. The van der Waals surface area contributed by atoms with Gasteiger partial charge in [0.1, 0.15) is 6.07 Å². The van der Waals surface area contributed by atoms with Crippen LogP contribution in [0, 0.1) is 11.3 Å². The zero-order valence-corrected chi connectivity index (χ0v) is 14.9. The van der Waals surface area contributed by atoms with Crippen molar-refractivity contribution in [3.8, 4) is 6.07 Å². The molecule has 4 rings (SSSR count). The topological polar surface area (TPSA) is 95.7 Å². The monoisotopic (exact) mass is 364 g/mol. The van der Waals surface area contributed by atoms with Gasteiger partial charge in [0.05, 0.1) is 27.4 Å². The summed E-state index contributed by atoms with van der Waals surface area (Å²) >= 11 is 0. The molecule has 1 atom stereocenters. The number of anilines is 1. The van der Waals surface area contributed by atoms with Crippen LogP contribution in [-0.4, -0.2) is 24.1 Å². The van der Waals surface area contributed by atoms with Crippen LogP contribution in [0.25, 0.3) is 10.9 Å². The highest BCUT2D eigenvalue weighted by atomic mass is 32.2. The molecule has 1 aromatic carbocycles. The Morgan fingerprint density at radius 2 is 2.00 bits per heavy atom. The third-order valence-electron chi connectivity index (χ3n) is 4.74. The van der Waals surface area contributed by atoms with Crippen molar-refractivity contribution in [3.05, 3.63) is 59.5 Å². The Bertz CT molecular complexity index is 1150. The number of fused-ring (bicyclic) bond motifs is 3. The molecule has 3 aromatic rings. The number of nitriles is 1. The minimum atomic E-state index is -3.26. The van der Waals surface area contributed by atoms with Gasteiger partial charge in [0, 0.05) is 30.0 Å². The molecule has 130 valence electrons. The normalized spacial score (nSPS) is 16.0. The quantitative estimate of drug-likeness (QED) is 0.767. The van der Waals surface area contributed by atoms with Crippen LogP contribution in [0.1, 0.15) is 29.7 Å². The number of sulfone groups is 1. The summed E-state index contributed by atoms with van der Waals surface area (Å²) in [6.45, 7) is 1.99. The van der Waals surface area contributed by atoms with Crippen molar-refractivity contribution in [2.75, 3.05) is 11.1 Å². The summed E-state index contributed by atoms with van der Waals surface area (Å²) in [7, 11) is -3.26. The smallest absolute Gasteiger partial charge is 0.179 e. The van der Waals surface area contributed by atoms with Gasteiger partial charge >= 0.3 is 0 Å². The first-order valence-electron chi connectivity index (χ1n) is 8.25. The molecule has 0 saturated carbocycles. The van der Waals surface area contributed by atoms with E-state index < -0.39 is 9.84 Å². The summed E-state index contributed by atoms with van der Waals surface area (Å²) < 4.78 is 24.6. The molecule has 0 amide bonds. The van der Waals surface area contributed by atoms with E-state index in [1.165, 1.54) is 6.20 Å². The molecule has 1 aliphatic rings. The molecule has 0 fully saturated rings. The maximum absolute atomic E-state index is 12.3. The van der Waals surface area contributed by atoms with Crippen molar-refractivity contribution in [3.63, 3.8) is 0 Å². The molecular weight excluding hydrogens is 348 g/mol. The average molecular weight is 364 g/mol. The van der Waals surface area contributed by atoms with Crippen LogP contribution >= 0.6 is 0 Å². The van der Waals surface area contributed by atoms with E-state index in [9.17, 15) is 13.7 Å². The molecule has 1 aliphatic heterocycles. The Kier molecular flexibility index (Phi) is 3.85. The van der Waals surface area contributed by atoms with Crippen LogP contribution in [-0.2, 0) is 16.3 Å². The number of aromatic nitrogens is 2. The summed E-state index contributed by atoms with van der Waals surface area (Å²) in [4.78, 5) is 8.72. The highest BCUT2D eigenvalue weighted by Gasteiger charge is 2.29. The molecule has 7 heteroatoms. The van der Waals surface area contributed by atoms with Gasteiger partial charge in [-0.15, -0.1) is 0 Å².